The first-order chi connectivity index (χ1) is 14.3. The molecule has 3 N–H and O–H groups in total. The van der Waals surface area contributed by atoms with E-state index in [1.807, 2.05) is 25.1 Å². The van der Waals surface area contributed by atoms with Crippen molar-refractivity contribution < 1.29 is 19.7 Å². The number of benzene rings is 1. The highest BCUT2D eigenvalue weighted by atomic mass is 32.1. The standard InChI is InChI=1S/C24H31NO4S/c1-12(2)20-17-8-18-21(22(17)20)14(4)30-23(18)24(28)25-9-15-5-6-19(13(3)7-15)29-11-16(27)10-26/h5-7,12,16-17,20,22,26-27H,8-11H2,1-4H3,(H,25,28)/t16-,17+,20?,22+/m1/s1. The van der Waals surface area contributed by atoms with Crippen LogP contribution in [0.2, 0.25) is 0 Å². The summed E-state index contributed by atoms with van der Waals surface area (Å²) in [5, 5.41) is 21.4. The fourth-order valence-corrected chi connectivity index (χ4v) is 6.28. The third-order valence-electron chi connectivity index (χ3n) is 6.55. The van der Waals surface area contributed by atoms with Crippen molar-refractivity contribution in [1.29, 1.82) is 0 Å². The molecule has 6 heteroatoms. The first kappa shape index (κ1) is 21.3. The van der Waals surface area contributed by atoms with Gasteiger partial charge in [0.25, 0.3) is 5.91 Å². The number of carbonyl (C=O) groups excluding carboxylic acids is 1. The van der Waals surface area contributed by atoms with Gasteiger partial charge in [-0.15, -0.1) is 11.3 Å². The van der Waals surface area contributed by atoms with E-state index < -0.39 is 6.10 Å². The number of fused-ring (bicyclic) bond motifs is 3. The van der Waals surface area contributed by atoms with E-state index in [-0.39, 0.29) is 19.1 Å². The average Bonchev–Trinajstić information content (AvgIpc) is 3.13. The Morgan fingerprint density at radius 2 is 2.10 bits per heavy atom. The van der Waals surface area contributed by atoms with E-state index in [9.17, 15) is 9.90 Å². The molecule has 30 heavy (non-hydrogen) atoms. The molecule has 1 aromatic carbocycles. The van der Waals surface area contributed by atoms with Crippen LogP contribution in [-0.2, 0) is 13.0 Å². The van der Waals surface area contributed by atoms with Gasteiger partial charge in [-0.25, -0.2) is 0 Å². The van der Waals surface area contributed by atoms with Gasteiger partial charge in [0.15, 0.2) is 0 Å². The number of aliphatic hydroxyl groups excluding tert-OH is 2. The normalized spacial score (nSPS) is 22.6. The maximum atomic E-state index is 12.9. The number of hydrogen-bond acceptors (Lipinski definition) is 5. The third kappa shape index (κ3) is 3.88. The maximum absolute atomic E-state index is 12.9. The predicted octanol–water partition coefficient (Wildman–Crippen LogP) is 3.57. The summed E-state index contributed by atoms with van der Waals surface area (Å²) in [4.78, 5) is 15.1. The second-order valence-electron chi connectivity index (χ2n) is 9.02. The monoisotopic (exact) mass is 429 g/mol. The number of aryl methyl sites for hydroxylation is 2. The van der Waals surface area contributed by atoms with Gasteiger partial charge in [0.2, 0.25) is 0 Å². The molecule has 1 unspecified atom stereocenters. The number of aliphatic hydroxyl groups is 2. The number of carbonyl (C=O) groups is 1. The van der Waals surface area contributed by atoms with Crippen molar-refractivity contribution in [3.05, 3.63) is 50.2 Å². The molecule has 0 bridgehead atoms. The quantitative estimate of drug-likeness (QED) is 0.599. The molecular formula is C24H31NO4S. The summed E-state index contributed by atoms with van der Waals surface area (Å²) in [5.74, 6) is 3.63. The summed E-state index contributed by atoms with van der Waals surface area (Å²) in [6.07, 6.45) is 0.169. The van der Waals surface area contributed by atoms with Crippen molar-refractivity contribution in [2.75, 3.05) is 13.2 Å². The van der Waals surface area contributed by atoms with E-state index in [0.717, 1.165) is 34.3 Å². The minimum Gasteiger partial charge on any atom is -0.491 e. The zero-order valence-corrected chi connectivity index (χ0v) is 18.9. The number of amides is 1. The number of rotatable bonds is 8. The Bertz CT molecular complexity index is 951. The van der Waals surface area contributed by atoms with Crippen molar-refractivity contribution in [3.63, 3.8) is 0 Å². The van der Waals surface area contributed by atoms with Gasteiger partial charge in [0.05, 0.1) is 11.5 Å². The Hall–Kier alpha value is -1.89. The molecule has 1 amide bonds. The summed E-state index contributed by atoms with van der Waals surface area (Å²) in [7, 11) is 0. The van der Waals surface area contributed by atoms with E-state index in [1.165, 1.54) is 16.0 Å². The van der Waals surface area contributed by atoms with Crippen LogP contribution in [0.4, 0.5) is 0 Å². The smallest absolute Gasteiger partial charge is 0.261 e. The lowest BCUT2D eigenvalue weighted by molar-refractivity contribution is 0.0534. The fourth-order valence-electron chi connectivity index (χ4n) is 5.13. The van der Waals surface area contributed by atoms with E-state index in [2.05, 4.69) is 26.1 Å². The molecule has 0 saturated heterocycles. The molecule has 0 aliphatic heterocycles. The predicted molar refractivity (Wildman–Crippen MR) is 118 cm³/mol. The van der Waals surface area contributed by atoms with E-state index in [1.54, 1.807) is 11.3 Å². The van der Waals surface area contributed by atoms with Crippen molar-refractivity contribution in [1.82, 2.24) is 5.32 Å². The van der Waals surface area contributed by atoms with Gasteiger partial charge in [-0.1, -0.05) is 26.0 Å². The minimum atomic E-state index is -0.888. The van der Waals surface area contributed by atoms with E-state index in [0.29, 0.717) is 24.1 Å². The highest BCUT2D eigenvalue weighted by Gasteiger charge is 2.58. The Labute approximate surface area is 182 Å². The Morgan fingerprint density at radius 1 is 1.33 bits per heavy atom. The SMILES string of the molecule is Cc1cc(CNC(=O)c2sc(C)c3c2C[C@H]2C(C(C)C)[C@@H]32)ccc1OC[C@H](O)CO. The summed E-state index contributed by atoms with van der Waals surface area (Å²) >= 11 is 1.65. The van der Waals surface area contributed by atoms with Crippen molar-refractivity contribution in [2.24, 2.45) is 17.8 Å². The van der Waals surface area contributed by atoms with Gasteiger partial charge in [-0.2, -0.15) is 0 Å². The van der Waals surface area contributed by atoms with Crippen LogP contribution >= 0.6 is 11.3 Å². The molecule has 1 aromatic heterocycles. The molecule has 1 fully saturated rings. The summed E-state index contributed by atoms with van der Waals surface area (Å²) in [6.45, 7) is 8.90. The van der Waals surface area contributed by atoms with Gasteiger partial charge in [-0.3, -0.25) is 4.79 Å². The molecule has 2 aromatic rings. The molecule has 2 aliphatic rings. The second kappa shape index (κ2) is 8.33. The van der Waals surface area contributed by atoms with Gasteiger partial charge in [-0.05, 0) is 72.3 Å². The van der Waals surface area contributed by atoms with Gasteiger partial charge in [0.1, 0.15) is 18.5 Å². The molecular weight excluding hydrogens is 398 g/mol. The first-order valence-corrected chi connectivity index (χ1v) is 11.5. The first-order valence-electron chi connectivity index (χ1n) is 10.7. The van der Waals surface area contributed by atoms with Crippen molar-refractivity contribution in [3.8, 4) is 5.75 Å². The van der Waals surface area contributed by atoms with Crippen LogP contribution in [0, 0.1) is 31.6 Å². The summed E-state index contributed by atoms with van der Waals surface area (Å²) in [6, 6.07) is 5.74. The van der Waals surface area contributed by atoms with Crippen LogP contribution < -0.4 is 10.1 Å². The molecule has 0 spiro atoms. The maximum Gasteiger partial charge on any atom is 0.261 e. The van der Waals surface area contributed by atoms with Crippen LogP contribution in [-0.4, -0.2) is 35.4 Å². The average molecular weight is 430 g/mol. The number of hydrogen-bond donors (Lipinski definition) is 3. The lowest BCUT2D eigenvalue weighted by atomic mass is 9.96. The molecule has 0 radical (unpaired) electrons. The van der Waals surface area contributed by atoms with Crippen LogP contribution in [0.3, 0.4) is 0 Å². The van der Waals surface area contributed by atoms with Gasteiger partial charge in [0, 0.05) is 11.4 Å². The summed E-state index contributed by atoms with van der Waals surface area (Å²) < 4.78 is 5.54. The van der Waals surface area contributed by atoms with E-state index >= 15 is 0 Å². The zero-order chi connectivity index (χ0) is 21.6. The molecule has 4 atom stereocenters. The summed E-state index contributed by atoms with van der Waals surface area (Å²) in [5.41, 5.74) is 4.70. The highest BCUT2D eigenvalue weighted by Crippen LogP contribution is 2.66. The number of nitrogens with one attached hydrogen (secondary N) is 1. The molecule has 162 valence electrons. The van der Waals surface area contributed by atoms with Gasteiger partial charge < -0.3 is 20.3 Å². The minimum absolute atomic E-state index is 0.0239. The van der Waals surface area contributed by atoms with E-state index in [4.69, 9.17) is 9.84 Å². The number of thiophene rings is 1. The third-order valence-corrected chi connectivity index (χ3v) is 7.71. The van der Waals surface area contributed by atoms with Gasteiger partial charge >= 0.3 is 0 Å². The highest BCUT2D eigenvalue weighted by molar-refractivity contribution is 7.14. The fraction of sp³-hybridized carbons (Fsp3) is 0.542. The van der Waals surface area contributed by atoms with Crippen molar-refractivity contribution in [2.45, 2.75) is 52.7 Å². The van der Waals surface area contributed by atoms with Crippen LogP contribution in [0.5, 0.6) is 5.75 Å². The largest absolute Gasteiger partial charge is 0.491 e. The lowest BCUT2D eigenvalue weighted by Gasteiger charge is -2.13. The Morgan fingerprint density at radius 3 is 2.77 bits per heavy atom. The molecule has 1 heterocycles. The Balaban J connectivity index is 1.38. The topological polar surface area (TPSA) is 78.8 Å². The Kier molecular flexibility index (Phi) is 5.93. The molecule has 2 aliphatic carbocycles. The van der Waals surface area contributed by atoms with Crippen LogP contribution in [0.15, 0.2) is 18.2 Å². The molecule has 4 rings (SSSR count). The lowest BCUT2D eigenvalue weighted by Crippen LogP contribution is -2.23. The molecule has 1 saturated carbocycles. The van der Waals surface area contributed by atoms with Crippen molar-refractivity contribution >= 4 is 17.2 Å². The second-order valence-corrected chi connectivity index (χ2v) is 10.2. The van der Waals surface area contributed by atoms with Crippen LogP contribution in [0.25, 0.3) is 0 Å². The zero-order valence-electron chi connectivity index (χ0n) is 18.1. The number of ether oxygens (including phenoxy) is 1. The molecule has 5 nitrogen and oxygen atoms in total. The van der Waals surface area contributed by atoms with Crippen LogP contribution in [0.1, 0.15) is 56.6 Å².